The van der Waals surface area contributed by atoms with Gasteiger partial charge in [-0.25, -0.2) is 4.79 Å². The minimum absolute atomic E-state index is 0.310. The largest absolute Gasteiger partial charge is 0.490 e. The van der Waals surface area contributed by atoms with Gasteiger partial charge in [-0.3, -0.25) is 0 Å². The number of benzene rings is 2. The number of esters is 1. The van der Waals surface area contributed by atoms with Crippen LogP contribution in [0.3, 0.4) is 0 Å². The Morgan fingerprint density at radius 2 is 1.71 bits per heavy atom. The first kappa shape index (κ1) is 14.9. The molecule has 21 heavy (non-hydrogen) atoms. The molecule has 0 heterocycles. The minimum Gasteiger partial charge on any atom is -0.490 e. The van der Waals surface area contributed by atoms with Gasteiger partial charge in [0.15, 0.2) is 0 Å². The molecule has 0 radical (unpaired) electrons. The highest BCUT2D eigenvalue weighted by Crippen LogP contribution is 2.22. The van der Waals surface area contributed by atoms with Gasteiger partial charge in [0.1, 0.15) is 18.5 Å². The molecule has 0 aromatic heterocycles. The topological polar surface area (TPSA) is 35.5 Å². The summed E-state index contributed by atoms with van der Waals surface area (Å²) in [5, 5.41) is 0. The molecule has 2 aromatic carbocycles. The van der Waals surface area contributed by atoms with Crippen molar-refractivity contribution < 1.29 is 14.3 Å². The first-order valence-corrected chi connectivity index (χ1v) is 6.80. The van der Waals surface area contributed by atoms with Crippen LogP contribution in [0.25, 0.3) is 11.1 Å². The van der Waals surface area contributed by atoms with Gasteiger partial charge in [0.25, 0.3) is 0 Å². The maximum absolute atomic E-state index is 11.0. The van der Waals surface area contributed by atoms with Crippen LogP contribution in [-0.4, -0.2) is 18.7 Å². The van der Waals surface area contributed by atoms with Crippen molar-refractivity contribution >= 4 is 5.97 Å². The molecule has 1 unspecified atom stereocenters. The van der Waals surface area contributed by atoms with E-state index in [4.69, 9.17) is 9.47 Å². The van der Waals surface area contributed by atoms with Crippen LogP contribution >= 0.6 is 0 Å². The molecule has 0 spiro atoms. The van der Waals surface area contributed by atoms with E-state index in [-0.39, 0.29) is 6.10 Å². The lowest BCUT2D eigenvalue weighted by Gasteiger charge is -2.13. The zero-order chi connectivity index (χ0) is 15.1. The highest BCUT2D eigenvalue weighted by atomic mass is 16.6. The molecule has 3 heteroatoms. The van der Waals surface area contributed by atoms with E-state index < -0.39 is 5.97 Å². The SMILES string of the molecule is C=CC(=O)OC(C)COc1ccc(-c2ccccc2)cc1. The summed E-state index contributed by atoms with van der Waals surface area (Å²) in [5.74, 6) is 0.307. The number of ether oxygens (including phenoxy) is 2. The van der Waals surface area contributed by atoms with Crippen molar-refractivity contribution in [1.82, 2.24) is 0 Å². The van der Waals surface area contributed by atoms with Crippen LogP contribution in [0, 0.1) is 0 Å². The predicted octanol–water partition coefficient (Wildman–Crippen LogP) is 3.85. The van der Waals surface area contributed by atoms with Crippen LogP contribution in [0.1, 0.15) is 6.92 Å². The van der Waals surface area contributed by atoms with E-state index in [1.54, 1.807) is 6.92 Å². The number of carbonyl (C=O) groups is 1. The van der Waals surface area contributed by atoms with E-state index in [0.29, 0.717) is 6.61 Å². The molecule has 0 aliphatic heterocycles. The molecule has 0 amide bonds. The van der Waals surface area contributed by atoms with E-state index in [9.17, 15) is 4.79 Å². The molecule has 0 saturated heterocycles. The first-order valence-electron chi connectivity index (χ1n) is 6.80. The molecular weight excluding hydrogens is 264 g/mol. The van der Waals surface area contributed by atoms with Crippen molar-refractivity contribution in [3.05, 3.63) is 67.3 Å². The fourth-order valence-corrected chi connectivity index (χ4v) is 1.87. The molecule has 0 bridgehead atoms. The standard InChI is InChI=1S/C18H18O3/c1-3-18(19)21-14(2)13-20-17-11-9-16(10-12-17)15-7-5-4-6-8-15/h3-12,14H,1,13H2,2H3. The van der Waals surface area contributed by atoms with Gasteiger partial charge in [-0.15, -0.1) is 0 Å². The number of hydrogen-bond donors (Lipinski definition) is 0. The average molecular weight is 282 g/mol. The molecule has 2 aromatic rings. The Labute approximate surface area is 124 Å². The maximum atomic E-state index is 11.0. The van der Waals surface area contributed by atoms with E-state index in [0.717, 1.165) is 23.0 Å². The maximum Gasteiger partial charge on any atom is 0.330 e. The van der Waals surface area contributed by atoms with Crippen molar-refractivity contribution in [2.24, 2.45) is 0 Å². The number of rotatable bonds is 6. The van der Waals surface area contributed by atoms with Gasteiger partial charge in [0.05, 0.1) is 0 Å². The van der Waals surface area contributed by atoms with Gasteiger partial charge in [-0.2, -0.15) is 0 Å². The molecule has 0 fully saturated rings. The van der Waals surface area contributed by atoms with Gasteiger partial charge < -0.3 is 9.47 Å². The third kappa shape index (κ3) is 4.49. The zero-order valence-electron chi connectivity index (χ0n) is 12.0. The van der Waals surface area contributed by atoms with Crippen molar-refractivity contribution in [3.8, 4) is 16.9 Å². The highest BCUT2D eigenvalue weighted by molar-refractivity contribution is 5.81. The van der Waals surface area contributed by atoms with Crippen LogP contribution in [0.2, 0.25) is 0 Å². The van der Waals surface area contributed by atoms with Crippen molar-refractivity contribution in [1.29, 1.82) is 0 Å². The zero-order valence-corrected chi connectivity index (χ0v) is 12.0. The van der Waals surface area contributed by atoms with Crippen LogP contribution < -0.4 is 4.74 Å². The molecule has 108 valence electrons. The van der Waals surface area contributed by atoms with Crippen LogP contribution in [0.4, 0.5) is 0 Å². The summed E-state index contributed by atoms with van der Waals surface area (Å²) in [5.41, 5.74) is 2.30. The highest BCUT2D eigenvalue weighted by Gasteiger charge is 2.07. The van der Waals surface area contributed by atoms with Crippen LogP contribution in [-0.2, 0) is 9.53 Å². The Hall–Kier alpha value is -2.55. The van der Waals surface area contributed by atoms with E-state index in [2.05, 4.69) is 18.7 Å². The predicted molar refractivity (Wildman–Crippen MR) is 83.1 cm³/mol. The smallest absolute Gasteiger partial charge is 0.330 e. The molecular formula is C18H18O3. The third-order valence-corrected chi connectivity index (χ3v) is 2.93. The lowest BCUT2D eigenvalue weighted by molar-refractivity contribution is -0.143. The molecule has 0 aliphatic rings. The second-order valence-corrected chi connectivity index (χ2v) is 4.65. The van der Waals surface area contributed by atoms with Gasteiger partial charge >= 0.3 is 5.97 Å². The fraction of sp³-hybridized carbons (Fsp3) is 0.167. The molecule has 1 atom stereocenters. The normalized spacial score (nSPS) is 11.5. The Kier molecular flexibility index (Phi) is 5.16. The molecule has 0 N–H and O–H groups in total. The Morgan fingerprint density at radius 3 is 2.33 bits per heavy atom. The van der Waals surface area contributed by atoms with Gasteiger partial charge in [0, 0.05) is 6.08 Å². The Balaban J connectivity index is 1.91. The first-order chi connectivity index (χ1) is 10.2. The lowest BCUT2D eigenvalue weighted by Crippen LogP contribution is -2.20. The van der Waals surface area contributed by atoms with E-state index >= 15 is 0 Å². The van der Waals surface area contributed by atoms with Crippen molar-refractivity contribution in [3.63, 3.8) is 0 Å². The summed E-state index contributed by atoms with van der Waals surface area (Å²) in [7, 11) is 0. The Morgan fingerprint density at radius 1 is 1.10 bits per heavy atom. The summed E-state index contributed by atoms with van der Waals surface area (Å²) in [6, 6.07) is 18.0. The number of hydrogen-bond acceptors (Lipinski definition) is 3. The fourth-order valence-electron chi connectivity index (χ4n) is 1.87. The molecule has 0 aliphatic carbocycles. The summed E-state index contributed by atoms with van der Waals surface area (Å²) >= 11 is 0. The molecule has 3 nitrogen and oxygen atoms in total. The van der Waals surface area contributed by atoms with E-state index in [1.165, 1.54) is 0 Å². The monoisotopic (exact) mass is 282 g/mol. The summed E-state index contributed by atoms with van der Waals surface area (Å²) in [4.78, 5) is 11.0. The van der Waals surface area contributed by atoms with Crippen LogP contribution in [0.15, 0.2) is 67.3 Å². The quantitative estimate of drug-likeness (QED) is 0.596. The average Bonchev–Trinajstić information content (AvgIpc) is 2.54. The number of carbonyl (C=O) groups excluding carboxylic acids is 1. The summed E-state index contributed by atoms with van der Waals surface area (Å²) in [6.45, 7) is 5.44. The van der Waals surface area contributed by atoms with Crippen molar-refractivity contribution in [2.45, 2.75) is 13.0 Å². The van der Waals surface area contributed by atoms with Crippen LogP contribution in [0.5, 0.6) is 5.75 Å². The lowest BCUT2D eigenvalue weighted by atomic mass is 10.1. The summed E-state index contributed by atoms with van der Waals surface area (Å²) < 4.78 is 10.6. The second-order valence-electron chi connectivity index (χ2n) is 4.65. The minimum atomic E-state index is -0.439. The third-order valence-electron chi connectivity index (χ3n) is 2.93. The Bertz CT molecular complexity index is 588. The van der Waals surface area contributed by atoms with Gasteiger partial charge in [0.2, 0.25) is 0 Å². The van der Waals surface area contributed by atoms with E-state index in [1.807, 2.05) is 42.5 Å². The van der Waals surface area contributed by atoms with Crippen molar-refractivity contribution in [2.75, 3.05) is 6.61 Å². The molecule has 2 rings (SSSR count). The second kappa shape index (κ2) is 7.29. The van der Waals surface area contributed by atoms with Gasteiger partial charge in [-0.1, -0.05) is 49.0 Å². The van der Waals surface area contributed by atoms with Gasteiger partial charge in [-0.05, 0) is 30.2 Å². The molecule has 0 saturated carbocycles. The summed E-state index contributed by atoms with van der Waals surface area (Å²) in [6.07, 6.45) is 0.829.